The lowest BCUT2D eigenvalue weighted by Crippen LogP contribution is -2.23. The maximum atomic E-state index is 11.8. The quantitative estimate of drug-likeness (QED) is 0.771. The zero-order chi connectivity index (χ0) is 17.7. The van der Waals surface area contributed by atoms with Crippen LogP contribution in [0.2, 0.25) is 10.0 Å². The summed E-state index contributed by atoms with van der Waals surface area (Å²) < 4.78 is 6.37. The zero-order valence-electron chi connectivity index (χ0n) is 12.7. The molecule has 0 bridgehead atoms. The third kappa shape index (κ3) is 5.09. The monoisotopic (exact) mass is 388 g/mol. The van der Waals surface area contributed by atoms with Crippen molar-refractivity contribution in [1.29, 1.82) is 0 Å². The maximum absolute atomic E-state index is 11.8. The minimum Gasteiger partial charge on any atom is -0.456 e. The van der Waals surface area contributed by atoms with Gasteiger partial charge in [0.15, 0.2) is 6.61 Å². The second-order valence-corrected chi connectivity index (χ2v) is 6.54. The summed E-state index contributed by atoms with van der Waals surface area (Å²) in [4.78, 5) is 34.8. The molecule has 0 unspecified atom stereocenters. The van der Waals surface area contributed by atoms with Crippen molar-refractivity contribution in [2.75, 3.05) is 11.9 Å². The summed E-state index contributed by atoms with van der Waals surface area (Å²) >= 11 is 12.8. The van der Waals surface area contributed by atoms with E-state index in [4.69, 9.17) is 27.9 Å². The van der Waals surface area contributed by atoms with Crippen LogP contribution in [-0.4, -0.2) is 23.1 Å². The van der Waals surface area contributed by atoms with Gasteiger partial charge in [-0.05, 0) is 25.1 Å². The highest BCUT2D eigenvalue weighted by molar-refractivity contribution is 7.07. The lowest BCUT2D eigenvalue weighted by Gasteiger charge is -2.09. The topological polar surface area (TPSA) is 77.4 Å². The van der Waals surface area contributed by atoms with Crippen molar-refractivity contribution in [2.45, 2.75) is 19.9 Å². The minimum atomic E-state index is -0.570. The molecule has 6 nitrogen and oxygen atoms in total. The summed E-state index contributed by atoms with van der Waals surface area (Å²) in [5.74, 6) is -1.10. The van der Waals surface area contributed by atoms with E-state index in [1.54, 1.807) is 24.4 Å². The molecule has 24 heavy (non-hydrogen) atoms. The molecule has 1 heterocycles. The van der Waals surface area contributed by atoms with Gasteiger partial charge in [0.2, 0.25) is 0 Å². The number of carbonyl (C=O) groups is 2. The van der Waals surface area contributed by atoms with Crippen LogP contribution in [0.4, 0.5) is 5.69 Å². The third-order valence-corrected chi connectivity index (χ3v) is 4.53. The maximum Gasteiger partial charge on any atom is 0.308 e. The fraction of sp³-hybridized carbons (Fsp3) is 0.267. The van der Waals surface area contributed by atoms with Crippen molar-refractivity contribution in [3.05, 3.63) is 49.0 Å². The van der Waals surface area contributed by atoms with Crippen molar-refractivity contribution in [2.24, 2.45) is 0 Å². The van der Waals surface area contributed by atoms with Gasteiger partial charge in [-0.1, -0.05) is 34.5 Å². The van der Waals surface area contributed by atoms with E-state index in [9.17, 15) is 14.4 Å². The molecular weight excluding hydrogens is 375 g/mol. The second kappa shape index (κ2) is 8.32. The van der Waals surface area contributed by atoms with Gasteiger partial charge in [-0.15, -0.1) is 0 Å². The van der Waals surface area contributed by atoms with Crippen LogP contribution in [0.15, 0.2) is 28.4 Å². The van der Waals surface area contributed by atoms with Crippen LogP contribution in [-0.2, 0) is 20.9 Å². The Morgan fingerprint density at radius 2 is 2.08 bits per heavy atom. The first-order valence-corrected chi connectivity index (χ1v) is 8.56. The van der Waals surface area contributed by atoms with Gasteiger partial charge in [0, 0.05) is 22.6 Å². The number of aryl methyl sites for hydroxylation is 1. The summed E-state index contributed by atoms with van der Waals surface area (Å²) in [6.45, 7) is 1.55. The Kier molecular flexibility index (Phi) is 6.42. The van der Waals surface area contributed by atoms with E-state index < -0.39 is 18.5 Å². The highest BCUT2D eigenvalue weighted by atomic mass is 35.5. The Morgan fingerprint density at radius 1 is 1.33 bits per heavy atom. The number of nitrogens with one attached hydrogen (secondary N) is 1. The molecule has 0 spiro atoms. The number of amides is 1. The Labute approximate surface area is 152 Å². The lowest BCUT2D eigenvalue weighted by atomic mass is 10.3. The van der Waals surface area contributed by atoms with E-state index in [0.29, 0.717) is 15.7 Å². The number of carbonyl (C=O) groups excluding carboxylic acids is 2. The molecule has 9 heteroatoms. The summed E-state index contributed by atoms with van der Waals surface area (Å²) in [7, 11) is 0. The van der Waals surface area contributed by atoms with Crippen LogP contribution < -0.4 is 10.2 Å². The van der Waals surface area contributed by atoms with E-state index in [1.165, 1.54) is 10.6 Å². The van der Waals surface area contributed by atoms with Crippen molar-refractivity contribution < 1.29 is 14.3 Å². The molecule has 0 atom stereocenters. The van der Waals surface area contributed by atoms with Crippen LogP contribution in [0.1, 0.15) is 12.1 Å². The van der Waals surface area contributed by atoms with Gasteiger partial charge >= 0.3 is 10.8 Å². The van der Waals surface area contributed by atoms with Gasteiger partial charge in [0.05, 0.1) is 17.1 Å². The van der Waals surface area contributed by atoms with Gasteiger partial charge in [-0.3, -0.25) is 14.4 Å². The Bertz CT molecular complexity index is 816. The van der Waals surface area contributed by atoms with Crippen LogP contribution in [0, 0.1) is 6.92 Å². The van der Waals surface area contributed by atoms with E-state index in [0.717, 1.165) is 17.0 Å². The third-order valence-electron chi connectivity index (χ3n) is 3.08. The number of ether oxygens (including phenoxy) is 1. The number of aromatic nitrogens is 1. The molecule has 0 aliphatic heterocycles. The van der Waals surface area contributed by atoms with Crippen LogP contribution in [0.5, 0.6) is 0 Å². The van der Waals surface area contributed by atoms with Gasteiger partial charge in [0.25, 0.3) is 5.91 Å². The molecule has 1 amide bonds. The number of rotatable bonds is 6. The molecule has 0 fully saturated rings. The normalized spacial score (nSPS) is 10.5. The average Bonchev–Trinajstić information content (AvgIpc) is 2.85. The Balaban J connectivity index is 1.80. The van der Waals surface area contributed by atoms with E-state index in [2.05, 4.69) is 5.32 Å². The molecule has 0 aliphatic carbocycles. The number of anilines is 1. The summed E-state index contributed by atoms with van der Waals surface area (Å²) in [5.41, 5.74) is 1.12. The highest BCUT2D eigenvalue weighted by Gasteiger charge is 2.11. The van der Waals surface area contributed by atoms with Crippen LogP contribution in [0.3, 0.4) is 0 Å². The van der Waals surface area contributed by atoms with Gasteiger partial charge in [-0.25, -0.2) is 0 Å². The molecule has 2 aromatic rings. The molecular formula is C15H14Cl2N2O4S. The van der Waals surface area contributed by atoms with Crippen LogP contribution >= 0.6 is 34.5 Å². The lowest BCUT2D eigenvalue weighted by molar-refractivity contribution is -0.147. The van der Waals surface area contributed by atoms with E-state index >= 15 is 0 Å². The summed E-state index contributed by atoms with van der Waals surface area (Å²) in [5, 5.41) is 4.97. The molecule has 0 saturated carbocycles. The molecule has 1 N–H and O–H groups in total. The first kappa shape index (κ1) is 18.5. The molecule has 0 radical (unpaired) electrons. The van der Waals surface area contributed by atoms with E-state index in [-0.39, 0.29) is 17.8 Å². The molecule has 0 aliphatic rings. The smallest absolute Gasteiger partial charge is 0.308 e. The number of thiazole rings is 1. The Morgan fingerprint density at radius 3 is 2.75 bits per heavy atom. The zero-order valence-corrected chi connectivity index (χ0v) is 15.0. The second-order valence-electron chi connectivity index (χ2n) is 4.88. The number of benzene rings is 1. The number of halogens is 2. The highest BCUT2D eigenvalue weighted by Crippen LogP contribution is 2.25. The number of hydrogen-bond donors (Lipinski definition) is 1. The Hall–Kier alpha value is -1.83. The summed E-state index contributed by atoms with van der Waals surface area (Å²) in [6.07, 6.45) is 0.00266. The van der Waals surface area contributed by atoms with Crippen molar-refractivity contribution >= 4 is 52.1 Å². The van der Waals surface area contributed by atoms with Crippen LogP contribution in [0.25, 0.3) is 0 Å². The first-order valence-electron chi connectivity index (χ1n) is 6.92. The molecule has 128 valence electrons. The van der Waals surface area contributed by atoms with Crippen molar-refractivity contribution in [3.63, 3.8) is 0 Å². The summed E-state index contributed by atoms with van der Waals surface area (Å²) in [6, 6.07) is 4.63. The molecule has 1 aromatic heterocycles. The SMILES string of the molecule is Cc1csc(=O)n1CCC(=O)OCC(=O)Nc1cc(Cl)ccc1Cl. The number of hydrogen-bond acceptors (Lipinski definition) is 5. The predicted octanol–water partition coefficient (Wildman–Crippen LogP) is 3.10. The largest absolute Gasteiger partial charge is 0.456 e. The average molecular weight is 389 g/mol. The standard InChI is InChI=1S/C15H14Cl2N2O4S/c1-9-8-24-15(22)19(9)5-4-14(21)23-7-13(20)18-12-6-10(16)2-3-11(12)17/h2-3,6,8H,4-5,7H2,1H3,(H,18,20). The first-order chi connectivity index (χ1) is 11.4. The van der Waals surface area contributed by atoms with Crippen molar-refractivity contribution in [1.82, 2.24) is 4.57 Å². The molecule has 2 rings (SSSR count). The van der Waals surface area contributed by atoms with Gasteiger partial charge < -0.3 is 14.6 Å². The van der Waals surface area contributed by atoms with Gasteiger partial charge in [-0.2, -0.15) is 0 Å². The van der Waals surface area contributed by atoms with Crippen molar-refractivity contribution in [3.8, 4) is 0 Å². The molecule has 0 saturated heterocycles. The van der Waals surface area contributed by atoms with E-state index in [1.807, 2.05) is 0 Å². The number of nitrogens with zero attached hydrogens (tertiary/aromatic N) is 1. The molecule has 1 aromatic carbocycles. The van der Waals surface area contributed by atoms with Gasteiger partial charge in [0.1, 0.15) is 0 Å². The number of esters is 1. The predicted molar refractivity (Wildman–Crippen MR) is 94.0 cm³/mol. The fourth-order valence-electron chi connectivity index (χ4n) is 1.88. The fourth-order valence-corrected chi connectivity index (χ4v) is 2.97. The minimum absolute atomic E-state index is 0.00266.